The van der Waals surface area contributed by atoms with Crippen LogP contribution in [0.2, 0.25) is 0 Å². The molecule has 0 atom stereocenters. The molecule has 1 aliphatic carbocycles. The van der Waals surface area contributed by atoms with Crippen LogP contribution in [0.15, 0.2) is 206 Å². The molecule has 9 aromatic carbocycles. The van der Waals surface area contributed by atoms with E-state index in [-0.39, 0.29) is 5.41 Å². The number of benzene rings is 9. The van der Waals surface area contributed by atoms with Crippen molar-refractivity contribution in [3.63, 3.8) is 0 Å². The number of hydrogen-bond acceptors (Lipinski definition) is 0. The molecule has 0 heterocycles. The number of hydrogen-bond donors (Lipinski definition) is 0. The van der Waals surface area contributed by atoms with Crippen LogP contribution in [0.25, 0.3) is 43.8 Å². The van der Waals surface area contributed by atoms with Crippen LogP contribution in [0.5, 0.6) is 0 Å². The Kier molecular flexibility index (Phi) is 8.99. The molecule has 0 saturated carbocycles. The van der Waals surface area contributed by atoms with E-state index in [1.165, 1.54) is 86.8 Å². The van der Waals surface area contributed by atoms with Crippen molar-refractivity contribution in [1.29, 1.82) is 0 Å². The highest BCUT2D eigenvalue weighted by atomic mass is 31.1. The average molecular weight is 753 g/mol. The molecule has 0 aliphatic heterocycles. The lowest BCUT2D eigenvalue weighted by molar-refractivity contribution is 0.526. The Morgan fingerprint density at radius 2 is 0.804 bits per heavy atom. The molecular formula is C54H42P2. The standard InChI is InChI=1S/C54H42P2/c1-54(2)37-47-49(39-24-11-4-12-25-39)45(38-22-9-3-10-23-38)36-46-50(47)51-44(34-21-35-48(51)54)52(55(40-26-13-5-14-27-40)41-28-15-6-16-29-41)53(46)56(42-30-17-7-18-31-42)43-32-19-8-20-33-43/h3-36H,37H2,1-2H3. The van der Waals surface area contributed by atoms with E-state index in [0.717, 1.165) is 6.42 Å². The molecule has 0 aromatic heterocycles. The summed E-state index contributed by atoms with van der Waals surface area (Å²) in [5, 5.41) is 14.1. The van der Waals surface area contributed by atoms with Crippen LogP contribution in [0.3, 0.4) is 0 Å². The maximum atomic E-state index is 2.61. The topological polar surface area (TPSA) is 0 Å². The molecule has 0 fully saturated rings. The van der Waals surface area contributed by atoms with Gasteiger partial charge in [-0.1, -0.05) is 214 Å². The molecule has 0 spiro atoms. The maximum Gasteiger partial charge on any atom is 0.00178 e. The van der Waals surface area contributed by atoms with Crippen LogP contribution in [0, 0.1) is 0 Å². The van der Waals surface area contributed by atoms with E-state index in [1.807, 2.05) is 0 Å². The highest BCUT2D eigenvalue weighted by Gasteiger charge is 2.38. The first-order valence-electron chi connectivity index (χ1n) is 19.6. The summed E-state index contributed by atoms with van der Waals surface area (Å²) in [7, 11) is -1.98. The first-order valence-corrected chi connectivity index (χ1v) is 22.3. The van der Waals surface area contributed by atoms with Crippen molar-refractivity contribution in [2.45, 2.75) is 25.7 Å². The Morgan fingerprint density at radius 1 is 0.393 bits per heavy atom. The Bertz CT molecular complexity index is 2740. The Labute approximate surface area is 333 Å². The molecule has 1 aliphatic rings. The van der Waals surface area contributed by atoms with Gasteiger partial charge in [-0.15, -0.1) is 0 Å². The van der Waals surface area contributed by atoms with Gasteiger partial charge in [-0.05, 0) is 110 Å². The minimum atomic E-state index is -1.00. The van der Waals surface area contributed by atoms with Gasteiger partial charge in [-0.3, -0.25) is 0 Å². The molecule has 0 bridgehead atoms. The third-order valence-corrected chi connectivity index (χ3v) is 16.7. The zero-order valence-corrected chi connectivity index (χ0v) is 33.5. The van der Waals surface area contributed by atoms with Crippen LogP contribution in [0.1, 0.15) is 25.0 Å². The van der Waals surface area contributed by atoms with Crippen molar-refractivity contribution in [1.82, 2.24) is 0 Å². The van der Waals surface area contributed by atoms with Gasteiger partial charge in [0.15, 0.2) is 0 Å². The molecule has 0 N–H and O–H groups in total. The highest BCUT2D eigenvalue weighted by Crippen LogP contribution is 2.53. The molecule has 268 valence electrons. The Hall–Kier alpha value is -5.64. The number of rotatable bonds is 8. The summed E-state index contributed by atoms with van der Waals surface area (Å²) in [5.74, 6) is 0. The van der Waals surface area contributed by atoms with Crippen molar-refractivity contribution in [2.75, 3.05) is 0 Å². The van der Waals surface area contributed by atoms with Crippen LogP contribution in [-0.2, 0) is 11.8 Å². The summed E-state index contributed by atoms with van der Waals surface area (Å²) < 4.78 is 0. The molecule has 0 unspecified atom stereocenters. The lowest BCUT2D eigenvalue weighted by Gasteiger charge is -2.38. The van der Waals surface area contributed by atoms with Gasteiger partial charge in [-0.2, -0.15) is 0 Å². The summed E-state index contributed by atoms with van der Waals surface area (Å²) in [6.45, 7) is 4.93. The molecule has 56 heavy (non-hydrogen) atoms. The molecule has 0 amide bonds. The summed E-state index contributed by atoms with van der Waals surface area (Å²) in [5.41, 5.74) is 8.04. The van der Waals surface area contributed by atoms with Gasteiger partial charge in [0, 0.05) is 10.6 Å². The summed E-state index contributed by atoms with van der Waals surface area (Å²) in [6.07, 6.45) is 0.958. The third kappa shape index (κ3) is 5.92. The molecular weight excluding hydrogens is 711 g/mol. The predicted molar refractivity (Wildman–Crippen MR) is 246 cm³/mol. The van der Waals surface area contributed by atoms with Gasteiger partial charge in [0.05, 0.1) is 0 Å². The molecule has 9 aromatic rings. The van der Waals surface area contributed by atoms with Crippen molar-refractivity contribution in [3.8, 4) is 22.3 Å². The molecule has 0 saturated heterocycles. The monoisotopic (exact) mass is 752 g/mol. The van der Waals surface area contributed by atoms with Gasteiger partial charge >= 0.3 is 0 Å². The molecule has 0 radical (unpaired) electrons. The fourth-order valence-electron chi connectivity index (χ4n) is 9.12. The summed E-state index contributed by atoms with van der Waals surface area (Å²) in [4.78, 5) is 0. The average Bonchev–Trinajstić information content (AvgIpc) is 3.26. The summed E-state index contributed by atoms with van der Waals surface area (Å²) >= 11 is 0. The van der Waals surface area contributed by atoms with Gasteiger partial charge in [0.25, 0.3) is 0 Å². The van der Waals surface area contributed by atoms with Crippen LogP contribution < -0.4 is 31.8 Å². The minimum Gasteiger partial charge on any atom is -0.0622 e. The maximum absolute atomic E-state index is 2.61. The van der Waals surface area contributed by atoms with Crippen LogP contribution >= 0.6 is 15.8 Å². The van der Waals surface area contributed by atoms with Crippen molar-refractivity contribution in [2.24, 2.45) is 0 Å². The Morgan fingerprint density at radius 3 is 1.27 bits per heavy atom. The normalized spacial score (nSPS) is 13.2. The SMILES string of the molecule is CC1(C)Cc2c(-c3ccccc3)c(-c3ccccc3)cc3c(P(c4ccccc4)c4ccccc4)c(P(c4ccccc4)c4ccccc4)c4cccc1c4c23. The van der Waals surface area contributed by atoms with E-state index in [9.17, 15) is 0 Å². The first-order chi connectivity index (χ1) is 27.6. The van der Waals surface area contributed by atoms with E-state index in [1.54, 1.807) is 0 Å². The fraction of sp³-hybridized carbons (Fsp3) is 0.0741. The van der Waals surface area contributed by atoms with Crippen molar-refractivity contribution in [3.05, 3.63) is 217 Å². The minimum absolute atomic E-state index is 0.0804. The van der Waals surface area contributed by atoms with Crippen LogP contribution in [-0.4, -0.2) is 0 Å². The van der Waals surface area contributed by atoms with E-state index in [2.05, 4.69) is 220 Å². The highest BCUT2D eigenvalue weighted by molar-refractivity contribution is 7.86. The second-order valence-electron chi connectivity index (χ2n) is 15.4. The van der Waals surface area contributed by atoms with Crippen molar-refractivity contribution >= 4 is 69.2 Å². The van der Waals surface area contributed by atoms with Crippen LogP contribution in [0.4, 0.5) is 0 Å². The van der Waals surface area contributed by atoms with Crippen molar-refractivity contribution < 1.29 is 0 Å². The summed E-state index contributed by atoms with van der Waals surface area (Å²) in [6, 6.07) is 77.5. The van der Waals surface area contributed by atoms with Gasteiger partial charge in [-0.25, -0.2) is 0 Å². The third-order valence-electron chi connectivity index (χ3n) is 11.5. The molecule has 0 nitrogen and oxygen atoms in total. The quantitative estimate of drug-likeness (QED) is 0.107. The smallest absolute Gasteiger partial charge is 0.00178 e. The van der Waals surface area contributed by atoms with Gasteiger partial charge < -0.3 is 0 Å². The molecule has 2 heteroatoms. The van der Waals surface area contributed by atoms with E-state index in [4.69, 9.17) is 0 Å². The van der Waals surface area contributed by atoms with Gasteiger partial charge in [0.2, 0.25) is 0 Å². The second kappa shape index (κ2) is 14.5. The first kappa shape index (κ1) is 34.8. The molecule has 10 rings (SSSR count). The zero-order chi connectivity index (χ0) is 37.6. The lowest BCUT2D eigenvalue weighted by Crippen LogP contribution is -2.37. The fourth-order valence-corrected chi connectivity index (χ4v) is 14.7. The Balaban J connectivity index is 1.50. The predicted octanol–water partition coefficient (Wildman–Crippen LogP) is 11.7. The lowest BCUT2D eigenvalue weighted by atomic mass is 9.69. The largest absolute Gasteiger partial charge is 0.0622 e. The second-order valence-corrected chi connectivity index (χ2v) is 19.7. The van der Waals surface area contributed by atoms with E-state index in [0.29, 0.717) is 0 Å². The van der Waals surface area contributed by atoms with E-state index >= 15 is 0 Å². The zero-order valence-electron chi connectivity index (χ0n) is 31.7. The van der Waals surface area contributed by atoms with E-state index < -0.39 is 15.8 Å². The van der Waals surface area contributed by atoms with Gasteiger partial charge in [0.1, 0.15) is 0 Å².